The lowest BCUT2D eigenvalue weighted by molar-refractivity contribution is 0.395. The quantitative estimate of drug-likeness (QED) is 0.779. The molecular weight excluding hydrogens is 276 g/mol. The van der Waals surface area contributed by atoms with Crippen molar-refractivity contribution in [1.82, 2.24) is 4.98 Å². The van der Waals surface area contributed by atoms with Gasteiger partial charge in [-0.25, -0.2) is 0 Å². The third-order valence-corrected chi connectivity index (χ3v) is 3.53. The minimum Gasteiger partial charge on any atom is -0.497 e. The average Bonchev–Trinajstić information content (AvgIpc) is 2.55. The molecule has 4 heteroatoms. The molecular formula is C18H18N2O2. The highest BCUT2D eigenvalue weighted by Gasteiger charge is 2.06. The summed E-state index contributed by atoms with van der Waals surface area (Å²) in [7, 11) is 3.29. The van der Waals surface area contributed by atoms with Crippen molar-refractivity contribution in [3.05, 3.63) is 54.2 Å². The molecule has 0 spiro atoms. The lowest BCUT2D eigenvalue weighted by Crippen LogP contribution is -1.95. The molecule has 2 aromatic carbocycles. The number of hydrogen-bond acceptors (Lipinski definition) is 4. The van der Waals surface area contributed by atoms with E-state index in [-0.39, 0.29) is 0 Å². The van der Waals surface area contributed by atoms with E-state index in [9.17, 15) is 0 Å². The predicted octanol–water partition coefficient (Wildman–Crippen LogP) is 4.30. The molecule has 3 aromatic rings. The monoisotopic (exact) mass is 294 g/mol. The normalized spacial score (nSPS) is 10.5. The number of nitrogens with zero attached hydrogens (tertiary/aromatic N) is 1. The number of aryl methyl sites for hydroxylation is 1. The summed E-state index contributed by atoms with van der Waals surface area (Å²) in [6.45, 7) is 2.07. The van der Waals surface area contributed by atoms with Gasteiger partial charge in [-0.1, -0.05) is 11.6 Å². The molecule has 3 rings (SSSR count). The van der Waals surface area contributed by atoms with E-state index in [0.29, 0.717) is 0 Å². The number of anilines is 2. The fraction of sp³-hybridized carbons (Fsp3) is 0.167. The van der Waals surface area contributed by atoms with Crippen LogP contribution in [0.4, 0.5) is 11.4 Å². The van der Waals surface area contributed by atoms with Gasteiger partial charge in [0.25, 0.3) is 0 Å². The van der Waals surface area contributed by atoms with E-state index in [1.807, 2.05) is 30.3 Å². The Hall–Kier alpha value is -2.75. The number of methoxy groups -OCH3 is 2. The van der Waals surface area contributed by atoms with Gasteiger partial charge < -0.3 is 14.8 Å². The Kier molecular flexibility index (Phi) is 3.83. The summed E-state index contributed by atoms with van der Waals surface area (Å²) in [5.74, 6) is 1.49. The van der Waals surface area contributed by atoms with Crippen molar-refractivity contribution in [2.24, 2.45) is 0 Å². The molecule has 0 aliphatic heterocycles. The van der Waals surface area contributed by atoms with Gasteiger partial charge in [0.05, 0.1) is 19.7 Å². The van der Waals surface area contributed by atoms with Crippen LogP contribution < -0.4 is 14.8 Å². The molecule has 1 aromatic heterocycles. The first-order chi connectivity index (χ1) is 10.7. The molecule has 0 aliphatic carbocycles. The lowest BCUT2D eigenvalue weighted by Gasteiger charge is -2.12. The highest BCUT2D eigenvalue weighted by atomic mass is 16.5. The SMILES string of the molecule is COc1cc(Nc2ccnc3ccc(C)cc23)cc(OC)c1. The largest absolute Gasteiger partial charge is 0.497 e. The Morgan fingerprint density at radius 3 is 2.32 bits per heavy atom. The van der Waals surface area contributed by atoms with Crippen LogP contribution in [0.1, 0.15) is 5.56 Å². The van der Waals surface area contributed by atoms with Crippen LogP contribution in [-0.2, 0) is 0 Å². The van der Waals surface area contributed by atoms with Crippen molar-refractivity contribution in [1.29, 1.82) is 0 Å². The zero-order valence-corrected chi connectivity index (χ0v) is 12.9. The van der Waals surface area contributed by atoms with Crippen LogP contribution in [0, 0.1) is 6.92 Å². The molecule has 112 valence electrons. The topological polar surface area (TPSA) is 43.4 Å². The van der Waals surface area contributed by atoms with Gasteiger partial charge in [-0.2, -0.15) is 0 Å². The van der Waals surface area contributed by atoms with Gasteiger partial charge in [0.2, 0.25) is 0 Å². The Morgan fingerprint density at radius 1 is 0.909 bits per heavy atom. The number of ether oxygens (including phenoxy) is 2. The van der Waals surface area contributed by atoms with Crippen LogP contribution in [-0.4, -0.2) is 19.2 Å². The Balaban J connectivity index is 2.04. The Morgan fingerprint density at radius 2 is 1.64 bits per heavy atom. The highest BCUT2D eigenvalue weighted by Crippen LogP contribution is 2.30. The number of rotatable bonds is 4. The molecule has 0 bridgehead atoms. The number of aromatic nitrogens is 1. The summed E-state index contributed by atoms with van der Waals surface area (Å²) in [5, 5.41) is 4.51. The third-order valence-electron chi connectivity index (χ3n) is 3.53. The van der Waals surface area contributed by atoms with E-state index < -0.39 is 0 Å². The standard InChI is InChI=1S/C18H18N2O2/c1-12-4-5-17-16(8-12)18(6-7-19-17)20-13-9-14(21-2)11-15(10-13)22-3/h4-11H,1-3H3,(H,19,20). The summed E-state index contributed by atoms with van der Waals surface area (Å²) in [6, 6.07) is 13.9. The molecule has 0 unspecified atom stereocenters. The third kappa shape index (κ3) is 2.81. The lowest BCUT2D eigenvalue weighted by atomic mass is 10.1. The zero-order valence-electron chi connectivity index (χ0n) is 12.9. The maximum atomic E-state index is 5.31. The van der Waals surface area contributed by atoms with E-state index in [2.05, 4.69) is 29.4 Å². The summed E-state index contributed by atoms with van der Waals surface area (Å²) in [5.41, 5.74) is 4.08. The molecule has 0 amide bonds. The highest BCUT2D eigenvalue weighted by molar-refractivity contribution is 5.93. The second-order valence-electron chi connectivity index (χ2n) is 5.11. The van der Waals surface area contributed by atoms with Gasteiger partial charge >= 0.3 is 0 Å². The second-order valence-corrected chi connectivity index (χ2v) is 5.11. The summed E-state index contributed by atoms with van der Waals surface area (Å²) >= 11 is 0. The van der Waals surface area contributed by atoms with E-state index in [1.165, 1.54) is 5.56 Å². The molecule has 0 aliphatic rings. The molecule has 1 N–H and O–H groups in total. The maximum Gasteiger partial charge on any atom is 0.124 e. The van der Waals surface area contributed by atoms with Gasteiger partial charge in [0.15, 0.2) is 0 Å². The van der Waals surface area contributed by atoms with Gasteiger partial charge in [-0.3, -0.25) is 4.98 Å². The predicted molar refractivity (Wildman–Crippen MR) is 89.3 cm³/mol. The molecule has 0 fully saturated rings. The minimum absolute atomic E-state index is 0.747. The Labute approximate surface area is 129 Å². The van der Waals surface area contributed by atoms with Crippen LogP contribution in [0.2, 0.25) is 0 Å². The van der Waals surface area contributed by atoms with E-state index >= 15 is 0 Å². The van der Waals surface area contributed by atoms with E-state index in [0.717, 1.165) is 33.8 Å². The van der Waals surface area contributed by atoms with Crippen molar-refractivity contribution < 1.29 is 9.47 Å². The average molecular weight is 294 g/mol. The Bertz CT molecular complexity index is 793. The number of nitrogens with one attached hydrogen (secondary N) is 1. The summed E-state index contributed by atoms with van der Waals surface area (Å²) in [6.07, 6.45) is 1.80. The summed E-state index contributed by atoms with van der Waals surface area (Å²) in [4.78, 5) is 4.40. The maximum absolute atomic E-state index is 5.31. The number of fused-ring (bicyclic) bond motifs is 1. The fourth-order valence-electron chi connectivity index (χ4n) is 2.40. The molecule has 22 heavy (non-hydrogen) atoms. The first kappa shape index (κ1) is 14.2. The number of benzene rings is 2. The van der Waals surface area contributed by atoms with Crippen LogP contribution >= 0.6 is 0 Å². The van der Waals surface area contributed by atoms with E-state index in [1.54, 1.807) is 20.4 Å². The first-order valence-corrected chi connectivity index (χ1v) is 7.05. The molecule has 0 saturated carbocycles. The van der Waals surface area contributed by atoms with Gasteiger partial charge in [-0.15, -0.1) is 0 Å². The molecule has 4 nitrogen and oxygen atoms in total. The number of pyridine rings is 1. The zero-order chi connectivity index (χ0) is 15.5. The van der Waals surface area contributed by atoms with Crippen molar-refractivity contribution in [3.8, 4) is 11.5 Å². The molecule has 0 radical (unpaired) electrons. The van der Waals surface area contributed by atoms with Crippen molar-refractivity contribution in [3.63, 3.8) is 0 Å². The number of hydrogen-bond donors (Lipinski definition) is 1. The van der Waals surface area contributed by atoms with Crippen molar-refractivity contribution in [2.45, 2.75) is 6.92 Å². The van der Waals surface area contributed by atoms with Crippen LogP contribution in [0.3, 0.4) is 0 Å². The molecule has 1 heterocycles. The van der Waals surface area contributed by atoms with Crippen LogP contribution in [0.25, 0.3) is 10.9 Å². The van der Waals surface area contributed by atoms with E-state index in [4.69, 9.17) is 9.47 Å². The van der Waals surface area contributed by atoms with Crippen molar-refractivity contribution in [2.75, 3.05) is 19.5 Å². The summed E-state index contributed by atoms with van der Waals surface area (Å²) < 4.78 is 10.6. The van der Waals surface area contributed by atoms with Crippen LogP contribution in [0.5, 0.6) is 11.5 Å². The molecule has 0 atom stereocenters. The molecule has 0 saturated heterocycles. The fourth-order valence-corrected chi connectivity index (χ4v) is 2.40. The van der Waals surface area contributed by atoms with Gasteiger partial charge in [0, 0.05) is 41.2 Å². The minimum atomic E-state index is 0.747. The second kappa shape index (κ2) is 5.93. The first-order valence-electron chi connectivity index (χ1n) is 7.05. The van der Waals surface area contributed by atoms with Gasteiger partial charge in [-0.05, 0) is 25.1 Å². The van der Waals surface area contributed by atoms with Gasteiger partial charge in [0.1, 0.15) is 11.5 Å². The van der Waals surface area contributed by atoms with Crippen LogP contribution in [0.15, 0.2) is 48.7 Å². The smallest absolute Gasteiger partial charge is 0.124 e. The van der Waals surface area contributed by atoms with Crippen molar-refractivity contribution >= 4 is 22.3 Å².